The molecule has 0 aliphatic heterocycles. The lowest BCUT2D eigenvalue weighted by atomic mass is 9.93. The minimum absolute atomic E-state index is 0.492. The summed E-state index contributed by atoms with van der Waals surface area (Å²) in [6, 6.07) is 0. The summed E-state index contributed by atoms with van der Waals surface area (Å²) in [5.41, 5.74) is 6.99. The van der Waals surface area contributed by atoms with Gasteiger partial charge in [-0.2, -0.15) is 0 Å². The van der Waals surface area contributed by atoms with E-state index in [0.29, 0.717) is 11.7 Å². The molecular formula is C13H24N2O. The lowest BCUT2D eigenvalue weighted by molar-refractivity contribution is 0.346. The van der Waals surface area contributed by atoms with Crippen LogP contribution in [-0.4, -0.2) is 5.16 Å². The van der Waals surface area contributed by atoms with Crippen molar-refractivity contribution in [2.75, 3.05) is 5.73 Å². The number of aromatic nitrogens is 1. The highest BCUT2D eigenvalue weighted by atomic mass is 16.5. The van der Waals surface area contributed by atoms with E-state index in [0.717, 1.165) is 30.6 Å². The molecule has 16 heavy (non-hydrogen) atoms. The second-order valence-corrected chi connectivity index (χ2v) is 4.41. The molecule has 0 radical (unpaired) electrons. The lowest BCUT2D eigenvalue weighted by Crippen LogP contribution is -2.01. The summed E-state index contributed by atoms with van der Waals surface area (Å²) in [4.78, 5) is 0. The molecule has 2 N–H and O–H groups in total. The highest BCUT2D eigenvalue weighted by Gasteiger charge is 2.20. The van der Waals surface area contributed by atoms with Gasteiger partial charge in [0.1, 0.15) is 5.76 Å². The zero-order valence-electron chi connectivity index (χ0n) is 10.8. The number of anilines is 1. The van der Waals surface area contributed by atoms with Crippen LogP contribution in [0.5, 0.6) is 0 Å². The van der Waals surface area contributed by atoms with E-state index in [9.17, 15) is 0 Å². The molecule has 3 heteroatoms. The molecule has 1 aromatic heterocycles. The Bertz CT molecular complexity index is 307. The van der Waals surface area contributed by atoms with E-state index in [4.69, 9.17) is 10.3 Å². The summed E-state index contributed by atoms with van der Waals surface area (Å²) < 4.78 is 5.42. The van der Waals surface area contributed by atoms with Gasteiger partial charge in [0.05, 0.1) is 0 Å². The molecule has 1 heterocycles. The molecule has 0 bridgehead atoms. The van der Waals surface area contributed by atoms with Gasteiger partial charge in [0.15, 0.2) is 5.82 Å². The Balaban J connectivity index is 2.82. The van der Waals surface area contributed by atoms with E-state index < -0.39 is 0 Å². The summed E-state index contributed by atoms with van der Waals surface area (Å²) in [5.74, 6) is 2.12. The third kappa shape index (κ3) is 3.00. The van der Waals surface area contributed by atoms with Gasteiger partial charge in [0.25, 0.3) is 0 Å². The molecule has 92 valence electrons. The van der Waals surface area contributed by atoms with Crippen LogP contribution in [0.25, 0.3) is 0 Å². The highest BCUT2D eigenvalue weighted by Crippen LogP contribution is 2.31. The molecular weight excluding hydrogens is 200 g/mol. The van der Waals surface area contributed by atoms with Crippen molar-refractivity contribution in [2.24, 2.45) is 0 Å². The Labute approximate surface area is 98.4 Å². The summed E-state index contributed by atoms with van der Waals surface area (Å²) in [5, 5.41) is 3.91. The fourth-order valence-corrected chi connectivity index (χ4v) is 2.13. The van der Waals surface area contributed by atoms with Crippen LogP contribution in [0.15, 0.2) is 4.52 Å². The second kappa shape index (κ2) is 6.56. The fraction of sp³-hybridized carbons (Fsp3) is 0.769. The number of rotatable bonds is 7. The van der Waals surface area contributed by atoms with Gasteiger partial charge in [0, 0.05) is 11.5 Å². The molecule has 1 unspecified atom stereocenters. The van der Waals surface area contributed by atoms with Gasteiger partial charge in [-0.3, -0.25) is 0 Å². The van der Waals surface area contributed by atoms with Crippen molar-refractivity contribution in [1.29, 1.82) is 0 Å². The maximum Gasteiger partial charge on any atom is 0.170 e. The average Bonchev–Trinajstić information content (AvgIpc) is 2.63. The predicted molar refractivity (Wildman–Crippen MR) is 67.5 cm³/mol. The summed E-state index contributed by atoms with van der Waals surface area (Å²) >= 11 is 0. The number of hydrogen-bond donors (Lipinski definition) is 1. The molecule has 0 saturated carbocycles. The van der Waals surface area contributed by atoms with Crippen molar-refractivity contribution in [1.82, 2.24) is 5.16 Å². The molecule has 3 nitrogen and oxygen atoms in total. The predicted octanol–water partition coefficient (Wildman–Crippen LogP) is 3.89. The summed E-state index contributed by atoms with van der Waals surface area (Å²) in [6.07, 6.45) is 6.81. The normalized spacial score (nSPS) is 12.9. The topological polar surface area (TPSA) is 52.0 Å². The number of hydrogen-bond acceptors (Lipinski definition) is 3. The number of nitrogens with zero attached hydrogens (tertiary/aromatic N) is 1. The number of unbranched alkanes of at least 4 members (excludes halogenated alkanes) is 1. The van der Waals surface area contributed by atoms with Crippen molar-refractivity contribution >= 4 is 5.82 Å². The van der Waals surface area contributed by atoms with Crippen LogP contribution >= 0.6 is 0 Å². The molecule has 0 amide bonds. The van der Waals surface area contributed by atoms with Crippen LogP contribution in [0.2, 0.25) is 0 Å². The van der Waals surface area contributed by atoms with Crippen molar-refractivity contribution in [2.45, 2.75) is 65.2 Å². The highest BCUT2D eigenvalue weighted by molar-refractivity contribution is 5.41. The first kappa shape index (κ1) is 13.1. The maximum atomic E-state index is 5.84. The molecule has 0 aliphatic rings. The van der Waals surface area contributed by atoms with Crippen LogP contribution < -0.4 is 5.73 Å². The van der Waals surface area contributed by atoms with Gasteiger partial charge in [-0.05, 0) is 19.3 Å². The van der Waals surface area contributed by atoms with E-state index in [-0.39, 0.29) is 0 Å². The third-order valence-electron chi connectivity index (χ3n) is 3.12. The van der Waals surface area contributed by atoms with Crippen molar-refractivity contribution in [3.05, 3.63) is 11.3 Å². The molecule has 1 atom stereocenters. The molecule has 0 saturated heterocycles. The van der Waals surface area contributed by atoms with Gasteiger partial charge >= 0.3 is 0 Å². The zero-order valence-corrected chi connectivity index (χ0v) is 10.8. The summed E-state index contributed by atoms with van der Waals surface area (Å²) in [7, 11) is 0. The minimum Gasteiger partial charge on any atom is -0.381 e. The van der Waals surface area contributed by atoms with E-state index in [1.54, 1.807) is 0 Å². The van der Waals surface area contributed by atoms with E-state index in [1.807, 2.05) is 0 Å². The van der Waals surface area contributed by atoms with Crippen LogP contribution in [0.1, 0.15) is 70.1 Å². The van der Waals surface area contributed by atoms with Crippen molar-refractivity contribution in [3.63, 3.8) is 0 Å². The summed E-state index contributed by atoms with van der Waals surface area (Å²) in [6.45, 7) is 6.58. The SMILES string of the molecule is CCCCC(CC)c1onc(N)c1CCC. The van der Waals surface area contributed by atoms with E-state index >= 15 is 0 Å². The first-order valence-electron chi connectivity index (χ1n) is 6.48. The fourth-order valence-electron chi connectivity index (χ4n) is 2.13. The second-order valence-electron chi connectivity index (χ2n) is 4.41. The molecule has 0 spiro atoms. The third-order valence-corrected chi connectivity index (χ3v) is 3.12. The minimum atomic E-state index is 0.492. The largest absolute Gasteiger partial charge is 0.381 e. The van der Waals surface area contributed by atoms with Gasteiger partial charge < -0.3 is 10.3 Å². The number of nitrogen functional groups attached to an aromatic ring is 1. The monoisotopic (exact) mass is 224 g/mol. The first-order valence-corrected chi connectivity index (χ1v) is 6.48. The molecule has 1 aromatic rings. The van der Waals surface area contributed by atoms with Gasteiger partial charge in [-0.1, -0.05) is 45.2 Å². The Morgan fingerprint density at radius 1 is 1.25 bits per heavy atom. The Hall–Kier alpha value is -0.990. The average molecular weight is 224 g/mol. The quantitative estimate of drug-likeness (QED) is 0.764. The molecule has 1 rings (SSSR count). The zero-order chi connectivity index (χ0) is 12.0. The Morgan fingerprint density at radius 2 is 2.00 bits per heavy atom. The van der Waals surface area contributed by atoms with E-state index in [2.05, 4.69) is 25.9 Å². The maximum absolute atomic E-state index is 5.84. The van der Waals surface area contributed by atoms with Gasteiger partial charge in [0.2, 0.25) is 0 Å². The Morgan fingerprint density at radius 3 is 2.56 bits per heavy atom. The molecule has 0 fully saturated rings. The van der Waals surface area contributed by atoms with E-state index in [1.165, 1.54) is 19.3 Å². The van der Waals surface area contributed by atoms with Crippen LogP contribution in [0, 0.1) is 0 Å². The van der Waals surface area contributed by atoms with Crippen LogP contribution in [0.4, 0.5) is 5.82 Å². The standard InChI is InChI=1S/C13H24N2O/c1-4-7-9-10(6-3)12-11(8-5-2)13(14)15-16-12/h10H,4-9H2,1-3H3,(H2,14,15). The van der Waals surface area contributed by atoms with Crippen molar-refractivity contribution in [3.8, 4) is 0 Å². The number of nitrogens with two attached hydrogens (primary N) is 1. The van der Waals surface area contributed by atoms with Crippen molar-refractivity contribution < 1.29 is 4.52 Å². The van der Waals surface area contributed by atoms with Gasteiger partial charge in [-0.25, -0.2) is 0 Å². The Kier molecular flexibility index (Phi) is 5.36. The van der Waals surface area contributed by atoms with Crippen LogP contribution in [-0.2, 0) is 6.42 Å². The molecule has 0 aliphatic carbocycles. The smallest absolute Gasteiger partial charge is 0.170 e. The first-order chi connectivity index (χ1) is 7.74. The van der Waals surface area contributed by atoms with Gasteiger partial charge in [-0.15, -0.1) is 0 Å². The lowest BCUT2D eigenvalue weighted by Gasteiger charge is -2.12. The molecule has 0 aromatic carbocycles. The van der Waals surface area contributed by atoms with Crippen LogP contribution in [0.3, 0.4) is 0 Å².